The van der Waals surface area contributed by atoms with Crippen molar-refractivity contribution in [2.75, 3.05) is 13.7 Å². The number of amides is 1. The van der Waals surface area contributed by atoms with Crippen LogP contribution in [0.3, 0.4) is 0 Å². The summed E-state index contributed by atoms with van der Waals surface area (Å²) in [5.74, 6) is -0.910. The van der Waals surface area contributed by atoms with Crippen molar-refractivity contribution in [2.45, 2.75) is 70.1 Å². The number of ether oxygens (including phenoxy) is 1. The molecule has 2 aromatic carbocycles. The molecule has 0 saturated carbocycles. The fourth-order valence-corrected chi connectivity index (χ4v) is 4.07. The van der Waals surface area contributed by atoms with Crippen LogP contribution in [0.2, 0.25) is 0 Å². The van der Waals surface area contributed by atoms with Crippen LogP contribution >= 0.6 is 0 Å². The van der Waals surface area contributed by atoms with Crippen molar-refractivity contribution in [1.82, 2.24) is 10.6 Å². The molecule has 0 aliphatic rings. The summed E-state index contributed by atoms with van der Waals surface area (Å²) in [5.41, 5.74) is 2.05. The third-order valence-electron chi connectivity index (χ3n) is 6.21. The number of rotatable bonds is 15. The topological polar surface area (TPSA) is 128 Å². The van der Waals surface area contributed by atoms with Crippen LogP contribution < -0.4 is 15.4 Å². The van der Waals surface area contributed by atoms with Crippen molar-refractivity contribution in [3.63, 3.8) is 0 Å². The molecule has 0 bridgehead atoms. The van der Waals surface area contributed by atoms with Gasteiger partial charge in [-0.15, -0.1) is 0 Å². The molecule has 0 unspecified atom stereocenters. The van der Waals surface area contributed by atoms with E-state index in [-0.39, 0.29) is 18.1 Å². The quantitative estimate of drug-likeness (QED) is 0.245. The summed E-state index contributed by atoms with van der Waals surface area (Å²) in [6.07, 6.45) is 1.50. The van der Waals surface area contributed by atoms with Gasteiger partial charge >= 0.3 is 5.97 Å². The molecule has 8 nitrogen and oxygen atoms in total. The first-order valence-electron chi connectivity index (χ1n) is 12.1. The highest BCUT2D eigenvalue weighted by atomic mass is 16.5. The number of aliphatic hydroxyl groups is 1. The van der Waals surface area contributed by atoms with Crippen molar-refractivity contribution >= 4 is 11.9 Å². The molecule has 5 N–H and O–H groups in total. The molecule has 4 atom stereocenters. The molecule has 2 rings (SSSR count). The number of aliphatic carboxylic acids is 1. The standard InChI is InChI=1S/C27H38N2O6/c1-4-20(21-10-6-5-7-11-21)16-23(30)18(2)29-27(34)22(17-26(32)33)28-14-8-9-19-12-13-25(35-3)24(31)15-19/h5-7,10-13,15,18,20,22-23,28,30-31H,4,8-9,14,16-17H2,1-3H3,(H,29,34)(H,32,33)/t18-,20+,22+,23-/m1/s1. The zero-order chi connectivity index (χ0) is 25.8. The fraction of sp³-hybridized carbons (Fsp3) is 0.481. The van der Waals surface area contributed by atoms with Gasteiger partial charge in [0.05, 0.1) is 31.7 Å². The van der Waals surface area contributed by atoms with E-state index >= 15 is 0 Å². The molecule has 0 saturated heterocycles. The van der Waals surface area contributed by atoms with Gasteiger partial charge in [0.15, 0.2) is 11.5 Å². The van der Waals surface area contributed by atoms with E-state index in [0.717, 1.165) is 17.5 Å². The first-order chi connectivity index (χ1) is 16.7. The van der Waals surface area contributed by atoms with Crippen LogP contribution in [-0.4, -0.2) is 59.0 Å². The molecule has 8 heteroatoms. The number of methoxy groups -OCH3 is 1. The molecule has 1 amide bonds. The Hall–Kier alpha value is -3.10. The van der Waals surface area contributed by atoms with Crippen LogP contribution in [-0.2, 0) is 16.0 Å². The van der Waals surface area contributed by atoms with Crippen LogP contribution in [0.25, 0.3) is 0 Å². The number of benzene rings is 2. The zero-order valence-electron chi connectivity index (χ0n) is 20.7. The summed E-state index contributed by atoms with van der Waals surface area (Å²) in [5, 5.41) is 35.7. The van der Waals surface area contributed by atoms with Crippen molar-refractivity contribution in [3.05, 3.63) is 59.7 Å². The Labute approximate surface area is 207 Å². The van der Waals surface area contributed by atoms with Gasteiger partial charge in [-0.25, -0.2) is 0 Å². The number of aliphatic hydroxyl groups excluding tert-OH is 1. The minimum Gasteiger partial charge on any atom is -0.504 e. The summed E-state index contributed by atoms with van der Waals surface area (Å²) >= 11 is 0. The van der Waals surface area contributed by atoms with E-state index in [4.69, 9.17) is 4.74 Å². The second-order valence-electron chi connectivity index (χ2n) is 8.83. The second kappa shape index (κ2) is 14.3. The fourth-order valence-electron chi connectivity index (χ4n) is 4.07. The number of carbonyl (C=O) groups is 2. The van der Waals surface area contributed by atoms with Gasteiger partial charge in [0.25, 0.3) is 0 Å². The number of phenolic OH excluding ortho intramolecular Hbond substituents is 1. The number of carboxylic acids is 1. The average molecular weight is 487 g/mol. The maximum atomic E-state index is 12.8. The maximum Gasteiger partial charge on any atom is 0.305 e. The third kappa shape index (κ3) is 9.22. The lowest BCUT2D eigenvalue weighted by Crippen LogP contribution is -2.51. The Morgan fingerprint density at radius 1 is 1.11 bits per heavy atom. The molecule has 0 aliphatic carbocycles. The zero-order valence-corrected chi connectivity index (χ0v) is 20.7. The van der Waals surface area contributed by atoms with Crippen LogP contribution in [0, 0.1) is 0 Å². The van der Waals surface area contributed by atoms with Gasteiger partial charge in [-0.3, -0.25) is 9.59 Å². The normalized spacial score (nSPS) is 14.5. The van der Waals surface area contributed by atoms with Crippen molar-refractivity contribution in [3.8, 4) is 11.5 Å². The Balaban J connectivity index is 1.87. The van der Waals surface area contributed by atoms with E-state index in [1.165, 1.54) is 7.11 Å². The summed E-state index contributed by atoms with van der Waals surface area (Å²) in [7, 11) is 1.48. The van der Waals surface area contributed by atoms with E-state index in [9.17, 15) is 24.9 Å². The van der Waals surface area contributed by atoms with Crippen LogP contribution in [0.1, 0.15) is 56.6 Å². The van der Waals surface area contributed by atoms with E-state index in [1.54, 1.807) is 19.1 Å². The summed E-state index contributed by atoms with van der Waals surface area (Å²) in [6, 6.07) is 13.7. The Morgan fingerprint density at radius 3 is 2.43 bits per heavy atom. The lowest BCUT2D eigenvalue weighted by Gasteiger charge is -2.26. The van der Waals surface area contributed by atoms with E-state index in [1.807, 2.05) is 36.4 Å². The van der Waals surface area contributed by atoms with Gasteiger partial charge in [0.2, 0.25) is 5.91 Å². The van der Waals surface area contributed by atoms with Crippen LogP contribution in [0.4, 0.5) is 0 Å². The van der Waals surface area contributed by atoms with Crippen molar-refractivity contribution in [1.29, 1.82) is 0 Å². The highest BCUT2D eigenvalue weighted by Gasteiger charge is 2.26. The number of aromatic hydroxyl groups is 1. The molecule has 0 spiro atoms. The predicted molar refractivity (Wildman–Crippen MR) is 135 cm³/mol. The lowest BCUT2D eigenvalue weighted by molar-refractivity contribution is -0.140. The van der Waals surface area contributed by atoms with Gasteiger partial charge in [0, 0.05) is 0 Å². The number of phenols is 1. The first kappa shape index (κ1) is 28.1. The molecule has 35 heavy (non-hydrogen) atoms. The van der Waals surface area contributed by atoms with Crippen LogP contribution in [0.15, 0.2) is 48.5 Å². The molecule has 192 valence electrons. The lowest BCUT2D eigenvalue weighted by atomic mass is 9.89. The minimum atomic E-state index is -1.08. The average Bonchev–Trinajstić information content (AvgIpc) is 2.84. The molecule has 0 fully saturated rings. The molecule has 0 radical (unpaired) electrons. The highest BCUT2D eigenvalue weighted by Crippen LogP contribution is 2.27. The molecule has 0 heterocycles. The summed E-state index contributed by atoms with van der Waals surface area (Å²) < 4.78 is 5.04. The number of hydrogen-bond donors (Lipinski definition) is 5. The number of carbonyl (C=O) groups excluding carboxylic acids is 1. The number of nitrogens with one attached hydrogen (secondary N) is 2. The molecule has 2 aromatic rings. The van der Waals surface area contributed by atoms with E-state index < -0.39 is 30.1 Å². The first-order valence-corrected chi connectivity index (χ1v) is 12.1. The van der Waals surface area contributed by atoms with E-state index in [2.05, 4.69) is 17.6 Å². The summed E-state index contributed by atoms with van der Waals surface area (Å²) in [4.78, 5) is 24.1. The van der Waals surface area contributed by atoms with Gasteiger partial charge in [-0.2, -0.15) is 0 Å². The van der Waals surface area contributed by atoms with Gasteiger partial charge < -0.3 is 30.7 Å². The maximum absolute atomic E-state index is 12.8. The number of aryl methyl sites for hydroxylation is 1. The van der Waals surface area contributed by atoms with Gasteiger partial charge in [-0.05, 0) is 68.3 Å². The Morgan fingerprint density at radius 2 is 1.83 bits per heavy atom. The monoisotopic (exact) mass is 486 g/mol. The molecular formula is C27H38N2O6. The molecule has 0 aliphatic heterocycles. The van der Waals surface area contributed by atoms with Gasteiger partial charge in [-0.1, -0.05) is 43.3 Å². The van der Waals surface area contributed by atoms with Crippen molar-refractivity contribution < 1.29 is 29.6 Å². The number of hydrogen-bond acceptors (Lipinski definition) is 6. The van der Waals surface area contributed by atoms with Crippen LogP contribution in [0.5, 0.6) is 11.5 Å². The van der Waals surface area contributed by atoms with Crippen molar-refractivity contribution in [2.24, 2.45) is 0 Å². The Kier molecular flexibility index (Phi) is 11.5. The van der Waals surface area contributed by atoms with E-state index in [0.29, 0.717) is 31.6 Å². The number of carboxylic acid groups (broad SMARTS) is 1. The Bertz CT molecular complexity index is 937. The minimum absolute atomic E-state index is 0.0613. The predicted octanol–water partition coefficient (Wildman–Crippen LogP) is 3.22. The third-order valence-corrected chi connectivity index (χ3v) is 6.21. The molecule has 0 aromatic heterocycles. The molecular weight excluding hydrogens is 448 g/mol. The summed E-state index contributed by atoms with van der Waals surface area (Å²) in [6.45, 7) is 4.21. The SMILES string of the molecule is CC[C@@H](C[C@@H](O)[C@@H](C)NC(=O)[C@H](CC(=O)O)NCCCc1ccc(OC)c(O)c1)c1ccccc1. The highest BCUT2D eigenvalue weighted by molar-refractivity contribution is 5.86. The second-order valence-corrected chi connectivity index (χ2v) is 8.83. The smallest absolute Gasteiger partial charge is 0.305 e. The van der Waals surface area contributed by atoms with Gasteiger partial charge in [0.1, 0.15) is 0 Å². The largest absolute Gasteiger partial charge is 0.504 e.